The number of carbonyl (C=O) groups excluding carboxylic acids is 3. The Kier molecular flexibility index (Phi) is 6.00. The number of amides is 2. The molecule has 182 valence electrons. The zero-order valence-electron chi connectivity index (χ0n) is 20.4. The van der Waals surface area contributed by atoms with Gasteiger partial charge in [-0.25, -0.2) is 0 Å². The molecule has 1 aromatic carbocycles. The standard InChI is InChI=1S/C27H35N3O4/c1-18-16-27(34-20(3)31)17-19(2)22(18)23-24(27)26(33)30(25(23)32)11-7-10-28-12-14-29(15-13-28)21-8-5-4-6-9-21/h4-6,8-9,16,19,22-24H,7,10-15,17H2,1-3H3/t19?,22-,23?,24?,27-/m1/s1. The Hall–Kier alpha value is -2.67. The Balaban J connectivity index is 1.21. The van der Waals surface area contributed by atoms with E-state index in [1.54, 1.807) is 0 Å². The average molecular weight is 466 g/mol. The molecule has 1 aromatic rings. The van der Waals surface area contributed by atoms with Crippen LogP contribution in [-0.2, 0) is 19.1 Å². The second-order valence-corrected chi connectivity index (χ2v) is 10.5. The van der Waals surface area contributed by atoms with E-state index in [9.17, 15) is 14.4 Å². The number of para-hydroxylation sites is 1. The number of allylic oxidation sites excluding steroid dienone is 1. The van der Waals surface area contributed by atoms with Crippen LogP contribution in [0.15, 0.2) is 42.0 Å². The van der Waals surface area contributed by atoms with E-state index in [1.165, 1.54) is 17.5 Å². The first-order valence-electron chi connectivity index (χ1n) is 12.6. The van der Waals surface area contributed by atoms with Gasteiger partial charge in [-0.3, -0.25) is 24.2 Å². The molecule has 0 aromatic heterocycles. The lowest BCUT2D eigenvalue weighted by Crippen LogP contribution is -2.57. The largest absolute Gasteiger partial charge is 0.454 e. The van der Waals surface area contributed by atoms with Crippen molar-refractivity contribution in [1.82, 2.24) is 9.80 Å². The zero-order chi connectivity index (χ0) is 24.0. The second-order valence-electron chi connectivity index (χ2n) is 10.5. The van der Waals surface area contributed by atoms with Crippen molar-refractivity contribution in [3.05, 3.63) is 42.0 Å². The van der Waals surface area contributed by atoms with Gasteiger partial charge in [-0.1, -0.05) is 30.7 Å². The number of esters is 1. The van der Waals surface area contributed by atoms with E-state index in [2.05, 4.69) is 41.0 Å². The predicted octanol–water partition coefficient (Wildman–Crippen LogP) is 2.72. The minimum atomic E-state index is -0.982. The van der Waals surface area contributed by atoms with Gasteiger partial charge in [-0.2, -0.15) is 0 Å². The van der Waals surface area contributed by atoms with Crippen LogP contribution in [0.5, 0.6) is 0 Å². The van der Waals surface area contributed by atoms with Crippen LogP contribution >= 0.6 is 0 Å². The van der Waals surface area contributed by atoms with Crippen molar-refractivity contribution < 1.29 is 19.1 Å². The van der Waals surface area contributed by atoms with E-state index < -0.39 is 23.4 Å². The summed E-state index contributed by atoms with van der Waals surface area (Å²) in [6.07, 6.45) is 3.32. The first-order chi connectivity index (χ1) is 16.3. The number of likely N-dealkylation sites (tertiary alicyclic amines) is 1. The molecule has 6 rings (SSSR count). The van der Waals surface area contributed by atoms with E-state index in [-0.39, 0.29) is 23.7 Å². The number of anilines is 1. The van der Waals surface area contributed by atoms with Crippen molar-refractivity contribution in [3.8, 4) is 0 Å². The number of rotatable bonds is 6. The third-order valence-electron chi connectivity index (χ3n) is 8.29. The molecule has 3 fully saturated rings. The van der Waals surface area contributed by atoms with Gasteiger partial charge >= 0.3 is 5.97 Å². The van der Waals surface area contributed by atoms with E-state index in [0.717, 1.165) is 44.7 Å². The molecular formula is C27H35N3O4. The third-order valence-corrected chi connectivity index (χ3v) is 8.29. The van der Waals surface area contributed by atoms with Crippen LogP contribution in [0.3, 0.4) is 0 Å². The summed E-state index contributed by atoms with van der Waals surface area (Å²) >= 11 is 0. The lowest BCUT2D eigenvalue weighted by molar-refractivity contribution is -0.173. The molecule has 0 N–H and O–H groups in total. The maximum atomic E-state index is 13.5. The normalized spacial score (nSPS) is 33.2. The first kappa shape index (κ1) is 23.1. The molecule has 7 nitrogen and oxygen atoms in total. The highest BCUT2D eigenvalue weighted by molar-refractivity contribution is 6.07. The van der Waals surface area contributed by atoms with Gasteiger partial charge in [0.2, 0.25) is 11.8 Å². The van der Waals surface area contributed by atoms with Crippen LogP contribution in [-0.4, -0.2) is 72.5 Å². The fourth-order valence-electron chi connectivity index (χ4n) is 7.04. The third kappa shape index (κ3) is 3.84. The number of hydrogen-bond acceptors (Lipinski definition) is 6. The number of carbonyl (C=O) groups is 3. The van der Waals surface area contributed by atoms with Crippen molar-refractivity contribution in [2.24, 2.45) is 23.7 Å². The lowest BCUT2D eigenvalue weighted by Gasteiger charge is -2.52. The highest BCUT2D eigenvalue weighted by Crippen LogP contribution is 2.58. The van der Waals surface area contributed by atoms with Crippen molar-refractivity contribution >= 4 is 23.5 Å². The summed E-state index contributed by atoms with van der Waals surface area (Å²) in [5, 5.41) is 0. The van der Waals surface area contributed by atoms with Crippen LogP contribution in [0.2, 0.25) is 0 Å². The van der Waals surface area contributed by atoms with E-state index in [4.69, 9.17) is 4.74 Å². The fourth-order valence-corrected chi connectivity index (χ4v) is 7.04. The Bertz CT molecular complexity index is 1000. The smallest absolute Gasteiger partial charge is 0.303 e. The van der Waals surface area contributed by atoms with Crippen molar-refractivity contribution in [2.45, 2.75) is 39.2 Å². The molecule has 5 aliphatic rings. The predicted molar refractivity (Wildman–Crippen MR) is 129 cm³/mol. The molecule has 2 amide bonds. The average Bonchev–Trinajstić information content (AvgIpc) is 3.05. The van der Waals surface area contributed by atoms with Crippen molar-refractivity contribution in [1.29, 1.82) is 0 Å². The molecular weight excluding hydrogens is 430 g/mol. The van der Waals surface area contributed by atoms with E-state index >= 15 is 0 Å². The van der Waals surface area contributed by atoms with Gasteiger partial charge in [0, 0.05) is 45.3 Å². The number of piperazine rings is 1. The van der Waals surface area contributed by atoms with Gasteiger partial charge < -0.3 is 9.64 Å². The van der Waals surface area contributed by atoms with Crippen LogP contribution in [0.4, 0.5) is 5.69 Å². The molecule has 2 saturated heterocycles. The number of imide groups is 1. The maximum Gasteiger partial charge on any atom is 0.303 e. The number of nitrogens with zero attached hydrogens (tertiary/aromatic N) is 3. The van der Waals surface area contributed by atoms with Gasteiger partial charge in [0.15, 0.2) is 0 Å². The molecule has 2 heterocycles. The summed E-state index contributed by atoms with van der Waals surface area (Å²) < 4.78 is 5.81. The van der Waals surface area contributed by atoms with Crippen LogP contribution < -0.4 is 4.90 Å². The lowest BCUT2D eigenvalue weighted by atomic mass is 9.54. The van der Waals surface area contributed by atoms with Gasteiger partial charge in [-0.15, -0.1) is 0 Å². The number of fused-ring (bicyclic) bond motifs is 1. The minimum Gasteiger partial charge on any atom is -0.454 e. The molecule has 3 unspecified atom stereocenters. The van der Waals surface area contributed by atoms with Crippen molar-refractivity contribution in [3.63, 3.8) is 0 Å². The van der Waals surface area contributed by atoms with Crippen LogP contribution in [0, 0.1) is 23.7 Å². The SMILES string of the molecule is CC(=O)O[C@]12C=C(C)[C@H](C(C)C1)C1C(=O)N(CCCN3CCN(c4ccccc4)CC3)C(=O)C12. The van der Waals surface area contributed by atoms with Gasteiger partial charge in [0.25, 0.3) is 0 Å². The minimum absolute atomic E-state index is 0.0509. The van der Waals surface area contributed by atoms with E-state index in [0.29, 0.717) is 13.0 Å². The topological polar surface area (TPSA) is 70.2 Å². The monoisotopic (exact) mass is 465 g/mol. The summed E-state index contributed by atoms with van der Waals surface area (Å²) in [7, 11) is 0. The first-order valence-corrected chi connectivity index (χ1v) is 12.6. The molecule has 0 radical (unpaired) electrons. The summed E-state index contributed by atoms with van der Waals surface area (Å²) in [4.78, 5) is 45.2. The highest BCUT2D eigenvalue weighted by Gasteiger charge is 2.67. The molecule has 34 heavy (non-hydrogen) atoms. The molecule has 1 saturated carbocycles. The number of hydrogen-bond donors (Lipinski definition) is 0. The molecule has 2 bridgehead atoms. The zero-order valence-corrected chi connectivity index (χ0v) is 20.4. The Labute approximate surface area is 201 Å². The van der Waals surface area contributed by atoms with E-state index in [1.807, 2.05) is 19.1 Å². The van der Waals surface area contributed by atoms with Gasteiger partial charge in [0.1, 0.15) is 5.60 Å². The molecule has 5 atom stereocenters. The van der Waals surface area contributed by atoms with Crippen LogP contribution in [0.1, 0.15) is 33.6 Å². The summed E-state index contributed by atoms with van der Waals surface area (Å²) in [5.74, 6) is -1.38. The van der Waals surface area contributed by atoms with Gasteiger partial charge in [-0.05, 0) is 56.4 Å². The van der Waals surface area contributed by atoms with Crippen LogP contribution in [0.25, 0.3) is 0 Å². The summed E-state index contributed by atoms with van der Waals surface area (Å²) in [6, 6.07) is 10.5. The second kappa shape index (κ2) is 8.84. The quantitative estimate of drug-likeness (QED) is 0.366. The summed E-state index contributed by atoms with van der Waals surface area (Å²) in [6.45, 7) is 10.7. The molecule has 0 spiro atoms. The number of ether oxygens (including phenoxy) is 1. The Morgan fingerprint density at radius 3 is 2.38 bits per heavy atom. The van der Waals surface area contributed by atoms with Crippen molar-refractivity contribution in [2.75, 3.05) is 44.2 Å². The fraction of sp³-hybridized carbons (Fsp3) is 0.593. The Morgan fingerprint density at radius 1 is 1.03 bits per heavy atom. The molecule has 2 aliphatic heterocycles. The molecule has 7 heteroatoms. The Morgan fingerprint density at radius 2 is 1.74 bits per heavy atom. The number of benzene rings is 1. The molecule has 3 aliphatic carbocycles. The maximum absolute atomic E-state index is 13.5. The highest BCUT2D eigenvalue weighted by atomic mass is 16.6. The summed E-state index contributed by atoms with van der Waals surface area (Å²) in [5.41, 5.74) is 1.34. The van der Waals surface area contributed by atoms with Gasteiger partial charge in [0.05, 0.1) is 11.8 Å².